The summed E-state index contributed by atoms with van der Waals surface area (Å²) < 4.78 is 0. The number of nitrogens with zero attached hydrogens (tertiary/aromatic N) is 2. The average Bonchev–Trinajstić information content (AvgIpc) is 3.36. The molecule has 1 aromatic carbocycles. The fraction of sp³-hybridized carbons (Fsp3) is 0.444. The van der Waals surface area contributed by atoms with Gasteiger partial charge >= 0.3 is 0 Å². The van der Waals surface area contributed by atoms with Crippen LogP contribution in [-0.4, -0.2) is 63.9 Å². The lowest BCUT2D eigenvalue weighted by Crippen LogP contribution is -3.09. The Labute approximate surface area is 153 Å². The molecule has 2 N–H and O–H groups in total. The van der Waals surface area contributed by atoms with Crippen molar-refractivity contribution in [2.75, 3.05) is 39.3 Å². The molecule has 2 atom stereocenters. The smallest absolute Gasteiger partial charge is 0.183 e. The first-order valence-electron chi connectivity index (χ1n) is 8.70. The molecule has 26 heavy (non-hydrogen) atoms. The minimum atomic E-state index is -1.52. The molecular formula is C18H26N4O4. The van der Waals surface area contributed by atoms with E-state index in [0.717, 1.165) is 25.2 Å². The van der Waals surface area contributed by atoms with Crippen LogP contribution >= 0.6 is 0 Å². The Morgan fingerprint density at radius 1 is 0.885 bits per heavy atom. The second-order valence-corrected chi connectivity index (χ2v) is 5.71. The summed E-state index contributed by atoms with van der Waals surface area (Å²) in [6.45, 7) is 11.2. The number of rotatable bonds is 4. The third-order valence-corrected chi connectivity index (χ3v) is 3.95. The van der Waals surface area contributed by atoms with Gasteiger partial charge < -0.3 is 19.8 Å². The highest BCUT2D eigenvalue weighted by Gasteiger charge is 2.05. The Hall–Kier alpha value is -2.58. The summed E-state index contributed by atoms with van der Waals surface area (Å²) in [6, 6.07) is 5.14. The van der Waals surface area contributed by atoms with Crippen LogP contribution in [0.2, 0.25) is 0 Å². The topological polar surface area (TPSA) is 114 Å². The molecule has 3 rings (SSSR count). The summed E-state index contributed by atoms with van der Waals surface area (Å²) in [7, 11) is 0. The molecule has 8 nitrogen and oxygen atoms in total. The predicted molar refractivity (Wildman–Crippen MR) is 94.6 cm³/mol. The molecule has 0 aliphatic carbocycles. The van der Waals surface area contributed by atoms with Gasteiger partial charge in [-0.15, -0.1) is 0 Å². The fourth-order valence-corrected chi connectivity index (χ4v) is 2.31. The number of aliphatic imine (C=N–C) groups is 2. The van der Waals surface area contributed by atoms with Crippen molar-refractivity contribution < 1.29 is 29.6 Å². The first kappa shape index (κ1) is 21.5. The van der Waals surface area contributed by atoms with Gasteiger partial charge in [-0.25, -0.2) is 9.98 Å². The lowest BCUT2D eigenvalue weighted by molar-refractivity contribution is -0.788. The Morgan fingerprint density at radius 3 is 1.46 bits per heavy atom. The molecule has 8 heteroatoms. The first-order valence-corrected chi connectivity index (χ1v) is 8.70. The first-order chi connectivity index (χ1) is 12.5. The van der Waals surface area contributed by atoms with Gasteiger partial charge in [-0.3, -0.25) is 9.80 Å². The van der Waals surface area contributed by atoms with Crippen molar-refractivity contribution in [2.45, 2.75) is 13.8 Å². The highest BCUT2D eigenvalue weighted by molar-refractivity contribution is 5.99. The number of hydrogen-bond donors (Lipinski definition) is 2. The molecule has 0 amide bonds. The van der Waals surface area contributed by atoms with Crippen LogP contribution in [-0.2, 0) is 0 Å². The van der Waals surface area contributed by atoms with Crippen molar-refractivity contribution in [2.24, 2.45) is 9.98 Å². The number of carbonyl (C=O) groups is 2. The van der Waals surface area contributed by atoms with E-state index in [4.69, 9.17) is 0 Å². The number of likely N-dealkylation sites (N-methyl/N-ethyl adjacent to an activating group) is 2. The second kappa shape index (κ2) is 11.9. The fourth-order valence-electron chi connectivity index (χ4n) is 2.31. The van der Waals surface area contributed by atoms with Gasteiger partial charge in [0.2, 0.25) is 0 Å². The molecule has 2 unspecified atom stereocenters. The van der Waals surface area contributed by atoms with Crippen LogP contribution in [0, 0.1) is 0 Å². The highest BCUT2D eigenvalue weighted by atomic mass is 16.4. The number of carboxylic acids is 2. The van der Waals surface area contributed by atoms with Crippen molar-refractivity contribution in [3.63, 3.8) is 0 Å². The third kappa shape index (κ3) is 7.54. The predicted octanol–water partition coefficient (Wildman–Crippen LogP) is -3.72. The largest absolute Gasteiger partial charge is 0.545 e. The van der Waals surface area contributed by atoms with Gasteiger partial charge in [0.1, 0.15) is 13.1 Å². The molecule has 2 aliphatic heterocycles. The Kier molecular flexibility index (Phi) is 9.81. The number of aromatic carboxylic acids is 2. The number of benzene rings is 1. The molecule has 0 bridgehead atoms. The van der Waals surface area contributed by atoms with Crippen LogP contribution in [0.25, 0.3) is 0 Å². The minimum Gasteiger partial charge on any atom is -0.545 e. The summed E-state index contributed by atoms with van der Waals surface area (Å²) >= 11 is 0. The number of quaternary nitrogens is 2. The van der Waals surface area contributed by atoms with Crippen LogP contribution in [0.4, 0.5) is 0 Å². The van der Waals surface area contributed by atoms with Crippen LogP contribution in [0.5, 0.6) is 0 Å². The highest BCUT2D eigenvalue weighted by Crippen LogP contribution is 2.05. The summed E-state index contributed by atoms with van der Waals surface area (Å²) in [6.07, 6.45) is 4.00. The second-order valence-electron chi connectivity index (χ2n) is 5.71. The van der Waals surface area contributed by atoms with Gasteiger partial charge in [0.25, 0.3) is 0 Å². The summed E-state index contributed by atoms with van der Waals surface area (Å²) in [4.78, 5) is 31.8. The summed E-state index contributed by atoms with van der Waals surface area (Å²) in [5.74, 6) is -3.04. The number of carbonyl (C=O) groups excluding carboxylic acids is 2. The van der Waals surface area contributed by atoms with Crippen molar-refractivity contribution in [1.82, 2.24) is 0 Å². The monoisotopic (exact) mass is 362 g/mol. The quantitative estimate of drug-likeness (QED) is 0.573. The van der Waals surface area contributed by atoms with Crippen molar-refractivity contribution >= 4 is 24.6 Å². The zero-order valence-corrected chi connectivity index (χ0v) is 15.2. The van der Waals surface area contributed by atoms with Crippen LogP contribution in [0.3, 0.4) is 0 Å². The minimum absolute atomic E-state index is 0.363. The van der Waals surface area contributed by atoms with Crippen LogP contribution in [0.1, 0.15) is 34.6 Å². The molecule has 0 aromatic heterocycles. The zero-order chi connectivity index (χ0) is 19.4. The average molecular weight is 362 g/mol. The zero-order valence-electron chi connectivity index (χ0n) is 15.2. The summed E-state index contributed by atoms with van der Waals surface area (Å²) in [5, 5.41) is 20.6. The van der Waals surface area contributed by atoms with E-state index in [1.54, 1.807) is 0 Å². The van der Waals surface area contributed by atoms with Crippen molar-refractivity contribution in [3.05, 3.63) is 35.4 Å². The van der Waals surface area contributed by atoms with E-state index in [9.17, 15) is 19.8 Å². The molecule has 0 fully saturated rings. The van der Waals surface area contributed by atoms with E-state index in [-0.39, 0.29) is 11.1 Å². The van der Waals surface area contributed by atoms with E-state index < -0.39 is 11.9 Å². The number of hydrogen-bond acceptors (Lipinski definition) is 6. The molecule has 0 radical (unpaired) electrons. The van der Waals surface area contributed by atoms with E-state index in [1.807, 2.05) is 12.7 Å². The standard InChI is InChI=1S/C8H6O4.2C5H10N2/c9-7(10)5-3-1-2-4-6(5)8(11)12;2*1-2-7-4-3-6-5-7/h1-4H,(H,9,10)(H,11,12);2*5H,2-4H2,1H3. The molecule has 2 heterocycles. The van der Waals surface area contributed by atoms with Gasteiger partial charge in [0, 0.05) is 11.1 Å². The van der Waals surface area contributed by atoms with Crippen LogP contribution < -0.4 is 20.0 Å². The number of nitrogens with one attached hydrogen (secondary N) is 2. The molecule has 1 aromatic rings. The third-order valence-electron chi connectivity index (χ3n) is 3.95. The molecule has 0 spiro atoms. The molecule has 0 saturated heterocycles. The van der Waals surface area contributed by atoms with Gasteiger partial charge in [0.05, 0.1) is 38.1 Å². The van der Waals surface area contributed by atoms with Gasteiger partial charge in [-0.2, -0.15) is 0 Å². The van der Waals surface area contributed by atoms with E-state index in [0.29, 0.717) is 0 Å². The molecular weight excluding hydrogens is 336 g/mol. The molecule has 0 saturated carbocycles. The van der Waals surface area contributed by atoms with Gasteiger partial charge in [-0.1, -0.05) is 24.3 Å². The van der Waals surface area contributed by atoms with Crippen LogP contribution in [0.15, 0.2) is 34.3 Å². The van der Waals surface area contributed by atoms with E-state index in [1.165, 1.54) is 48.1 Å². The maximum absolute atomic E-state index is 10.3. The molecule has 142 valence electrons. The SMILES string of the molecule is CC[NH+]1C=NCC1.CC[NH+]1C=NCC1.O=C([O-])c1ccccc1C(=O)[O-]. The van der Waals surface area contributed by atoms with Gasteiger partial charge in [-0.05, 0) is 13.8 Å². The number of carboxylic acid groups (broad SMARTS) is 2. The maximum atomic E-state index is 10.3. The van der Waals surface area contributed by atoms with E-state index >= 15 is 0 Å². The van der Waals surface area contributed by atoms with Crippen molar-refractivity contribution in [1.29, 1.82) is 0 Å². The Morgan fingerprint density at radius 2 is 1.27 bits per heavy atom. The van der Waals surface area contributed by atoms with Crippen molar-refractivity contribution in [3.8, 4) is 0 Å². The Balaban J connectivity index is 0.000000207. The molecule has 2 aliphatic rings. The maximum Gasteiger partial charge on any atom is 0.183 e. The Bertz CT molecular complexity index is 591. The lowest BCUT2D eigenvalue weighted by Gasteiger charge is -2.09. The van der Waals surface area contributed by atoms with E-state index in [2.05, 4.69) is 23.8 Å². The summed E-state index contributed by atoms with van der Waals surface area (Å²) in [5.41, 5.74) is -0.727. The normalized spacial score (nSPS) is 19.9. The lowest BCUT2D eigenvalue weighted by atomic mass is 10.1. The van der Waals surface area contributed by atoms with Gasteiger partial charge in [0.15, 0.2) is 12.7 Å².